The molecule has 0 aliphatic carbocycles. The second kappa shape index (κ2) is 11.1. The Bertz CT molecular complexity index is 1720. The van der Waals surface area contributed by atoms with Crippen molar-refractivity contribution >= 4 is 29.5 Å². The van der Waals surface area contributed by atoms with Crippen molar-refractivity contribution in [2.45, 2.75) is 23.9 Å². The molecule has 0 bridgehead atoms. The van der Waals surface area contributed by atoms with Crippen molar-refractivity contribution in [3.8, 4) is 28.5 Å². The average Bonchev–Trinajstić information content (AvgIpc) is 3.31. The Morgan fingerprint density at radius 3 is 2.21 bits per heavy atom. The maximum atomic E-state index is 11.9. The first-order valence-corrected chi connectivity index (χ1v) is 12.7. The molecule has 2 heterocycles. The minimum atomic E-state index is -0.447. The average molecular weight is 532 g/mol. The summed E-state index contributed by atoms with van der Waals surface area (Å²) in [6.45, 7) is 3.70. The molecule has 0 saturated carbocycles. The smallest absolute Gasteiger partial charge is 0.283 e. The van der Waals surface area contributed by atoms with E-state index in [4.69, 9.17) is 4.42 Å². The summed E-state index contributed by atoms with van der Waals surface area (Å²) in [6, 6.07) is 27.9. The van der Waals surface area contributed by atoms with Crippen molar-refractivity contribution in [3.63, 3.8) is 0 Å². The summed E-state index contributed by atoms with van der Waals surface area (Å²) in [5.41, 5.74) is 4.51. The van der Waals surface area contributed by atoms with E-state index in [0.29, 0.717) is 26.9 Å². The van der Waals surface area contributed by atoms with Gasteiger partial charge in [-0.3, -0.25) is 10.1 Å². The molecule has 0 spiro atoms. The third kappa shape index (κ3) is 5.61. The summed E-state index contributed by atoms with van der Waals surface area (Å²) in [6.07, 6.45) is 1.46. The molecule has 0 N–H and O–H groups in total. The SMILES string of the molecule is Cc1cc(C)nc(Sc2ccc(C=Nc3oc(-c4ccccc4)c(-c4ccccc4)c3C#N)cc2[N+](=O)[O-])n1. The predicted molar refractivity (Wildman–Crippen MR) is 150 cm³/mol. The molecule has 0 saturated heterocycles. The Balaban J connectivity index is 1.54. The fraction of sp³-hybridized carbons (Fsp3) is 0.0667. The number of hydrogen-bond donors (Lipinski definition) is 0. The van der Waals surface area contributed by atoms with Gasteiger partial charge in [0.1, 0.15) is 17.4 Å². The minimum Gasteiger partial charge on any atom is -0.436 e. The number of rotatable bonds is 7. The van der Waals surface area contributed by atoms with Gasteiger partial charge in [0.05, 0.1) is 9.82 Å². The summed E-state index contributed by atoms with van der Waals surface area (Å²) in [5.74, 6) is 0.650. The van der Waals surface area contributed by atoms with Crippen LogP contribution in [0.25, 0.3) is 22.5 Å². The second-order valence-corrected chi connectivity index (χ2v) is 9.62. The highest BCUT2D eigenvalue weighted by Crippen LogP contribution is 2.42. The van der Waals surface area contributed by atoms with Crippen molar-refractivity contribution in [1.29, 1.82) is 5.26 Å². The predicted octanol–water partition coefficient (Wildman–Crippen LogP) is 7.70. The number of nitrogens with zero attached hydrogens (tertiary/aromatic N) is 5. The lowest BCUT2D eigenvalue weighted by atomic mass is 9.98. The van der Waals surface area contributed by atoms with Crippen LogP contribution in [0.4, 0.5) is 11.6 Å². The first-order chi connectivity index (χ1) is 18.9. The zero-order valence-corrected chi connectivity index (χ0v) is 21.8. The fourth-order valence-corrected chi connectivity index (χ4v) is 5.05. The molecule has 0 atom stereocenters. The van der Waals surface area contributed by atoms with Crippen molar-refractivity contribution in [1.82, 2.24) is 9.97 Å². The highest BCUT2D eigenvalue weighted by atomic mass is 32.2. The molecule has 0 radical (unpaired) electrons. The molecule has 0 amide bonds. The van der Waals surface area contributed by atoms with Gasteiger partial charge < -0.3 is 4.42 Å². The lowest BCUT2D eigenvalue weighted by molar-refractivity contribution is -0.387. The van der Waals surface area contributed by atoms with Crippen molar-refractivity contribution < 1.29 is 9.34 Å². The van der Waals surface area contributed by atoms with Crippen molar-refractivity contribution in [2.75, 3.05) is 0 Å². The van der Waals surface area contributed by atoms with Gasteiger partial charge in [-0.05, 0) is 48.9 Å². The van der Waals surface area contributed by atoms with Crippen LogP contribution >= 0.6 is 11.8 Å². The van der Waals surface area contributed by atoms with E-state index in [1.807, 2.05) is 80.6 Å². The number of benzene rings is 3. The number of nitro benzene ring substituents is 1. The maximum absolute atomic E-state index is 11.9. The molecule has 0 aliphatic rings. The van der Waals surface area contributed by atoms with Crippen LogP contribution in [-0.2, 0) is 0 Å². The number of aromatic nitrogens is 2. The van der Waals surface area contributed by atoms with Gasteiger partial charge in [0, 0.05) is 34.8 Å². The summed E-state index contributed by atoms with van der Waals surface area (Å²) < 4.78 is 6.13. The van der Waals surface area contributed by atoms with Gasteiger partial charge in [-0.25, -0.2) is 15.0 Å². The van der Waals surface area contributed by atoms with Gasteiger partial charge in [-0.15, -0.1) is 0 Å². The summed E-state index contributed by atoms with van der Waals surface area (Å²) >= 11 is 1.13. The minimum absolute atomic E-state index is 0.0957. The summed E-state index contributed by atoms with van der Waals surface area (Å²) in [7, 11) is 0. The standard InChI is InChI=1S/C30H21N5O3S/c1-19-15-20(2)34-30(33-19)39-26-14-13-21(16-25(26)35(36)37)18-32-29-24(17-31)27(22-9-5-3-6-10-22)28(38-29)23-11-7-4-8-12-23/h3-16,18H,1-2H3. The monoisotopic (exact) mass is 531 g/mol. The Kier molecular flexibility index (Phi) is 7.30. The molecular weight excluding hydrogens is 510 g/mol. The van der Waals surface area contributed by atoms with E-state index in [9.17, 15) is 15.4 Å². The van der Waals surface area contributed by atoms with Crippen molar-refractivity contribution in [2.24, 2.45) is 4.99 Å². The van der Waals surface area contributed by atoms with E-state index in [1.54, 1.807) is 12.1 Å². The molecule has 3 aromatic carbocycles. The molecule has 9 heteroatoms. The van der Waals surface area contributed by atoms with Crippen LogP contribution in [0.2, 0.25) is 0 Å². The quantitative estimate of drug-likeness (QED) is 0.0913. The molecule has 190 valence electrons. The number of furan rings is 1. The number of nitriles is 1. The van der Waals surface area contributed by atoms with E-state index < -0.39 is 4.92 Å². The highest BCUT2D eigenvalue weighted by molar-refractivity contribution is 7.99. The van der Waals surface area contributed by atoms with Gasteiger partial charge in [0.25, 0.3) is 5.69 Å². The van der Waals surface area contributed by atoms with Crippen LogP contribution in [0.1, 0.15) is 22.5 Å². The highest BCUT2D eigenvalue weighted by Gasteiger charge is 2.23. The van der Waals surface area contributed by atoms with Crippen LogP contribution in [-0.4, -0.2) is 21.1 Å². The second-order valence-electron chi connectivity index (χ2n) is 8.61. The van der Waals surface area contributed by atoms with Gasteiger partial charge >= 0.3 is 0 Å². The first-order valence-electron chi connectivity index (χ1n) is 11.9. The van der Waals surface area contributed by atoms with E-state index in [1.165, 1.54) is 12.3 Å². The molecule has 5 rings (SSSR count). The molecule has 2 aromatic heterocycles. The molecular formula is C30H21N5O3S. The molecule has 0 fully saturated rings. The zero-order chi connectivity index (χ0) is 27.4. The lowest BCUT2D eigenvalue weighted by Gasteiger charge is -2.05. The van der Waals surface area contributed by atoms with Crippen LogP contribution in [0.3, 0.4) is 0 Å². The molecule has 0 unspecified atom stereocenters. The van der Waals surface area contributed by atoms with Gasteiger partial charge in [-0.1, -0.05) is 66.7 Å². The first kappa shape index (κ1) is 25.6. The molecule has 5 aromatic rings. The topological polar surface area (TPSA) is 118 Å². The normalized spacial score (nSPS) is 11.0. The maximum Gasteiger partial charge on any atom is 0.283 e. The van der Waals surface area contributed by atoms with Crippen molar-refractivity contribution in [3.05, 3.63) is 118 Å². The van der Waals surface area contributed by atoms with E-state index in [-0.39, 0.29) is 17.1 Å². The Hall–Kier alpha value is -5.07. The van der Waals surface area contributed by atoms with Crippen LogP contribution < -0.4 is 0 Å². The molecule has 39 heavy (non-hydrogen) atoms. The Morgan fingerprint density at radius 1 is 0.949 bits per heavy atom. The number of aliphatic imine (C=N–C) groups is 1. The molecule has 0 aliphatic heterocycles. The molecule has 8 nitrogen and oxygen atoms in total. The largest absolute Gasteiger partial charge is 0.436 e. The van der Waals surface area contributed by atoms with Gasteiger partial charge in [0.2, 0.25) is 5.88 Å². The number of aryl methyl sites for hydroxylation is 2. The third-order valence-corrected chi connectivity index (χ3v) is 6.70. The summed E-state index contributed by atoms with van der Waals surface area (Å²) in [5, 5.41) is 22.4. The van der Waals surface area contributed by atoms with Crippen LogP contribution in [0.5, 0.6) is 0 Å². The zero-order valence-electron chi connectivity index (χ0n) is 21.0. The fourth-order valence-electron chi connectivity index (χ4n) is 4.10. The van der Waals surface area contributed by atoms with Gasteiger partial charge in [-0.2, -0.15) is 5.26 Å². The Morgan fingerprint density at radius 2 is 1.59 bits per heavy atom. The van der Waals surface area contributed by atoms with E-state index in [2.05, 4.69) is 21.0 Å². The van der Waals surface area contributed by atoms with Crippen LogP contribution in [0.15, 0.2) is 104 Å². The van der Waals surface area contributed by atoms with E-state index >= 15 is 0 Å². The summed E-state index contributed by atoms with van der Waals surface area (Å²) in [4.78, 5) is 25.0. The Labute approximate surface area is 228 Å². The van der Waals surface area contributed by atoms with E-state index in [0.717, 1.165) is 34.3 Å². The number of nitro groups is 1. The lowest BCUT2D eigenvalue weighted by Crippen LogP contribution is -1.96. The number of hydrogen-bond acceptors (Lipinski definition) is 8. The van der Waals surface area contributed by atoms with Gasteiger partial charge in [0.15, 0.2) is 5.16 Å². The third-order valence-electron chi connectivity index (χ3n) is 5.77. The van der Waals surface area contributed by atoms with Crippen LogP contribution in [0, 0.1) is 35.3 Å².